The number of methoxy groups -OCH3 is 1. The second kappa shape index (κ2) is 4.46. The van der Waals surface area contributed by atoms with Gasteiger partial charge in [0.15, 0.2) is 0 Å². The SMILES string of the molecule is COC(=O)C1CCCN1S(=O)(=O)c1cn[nH]c1. The van der Waals surface area contributed by atoms with Gasteiger partial charge in [0.25, 0.3) is 0 Å². The molecule has 1 fully saturated rings. The molecule has 0 radical (unpaired) electrons. The first-order valence-corrected chi connectivity index (χ1v) is 6.60. The van der Waals surface area contributed by atoms with Crippen LogP contribution in [0.2, 0.25) is 0 Å². The first-order chi connectivity index (χ1) is 8.07. The van der Waals surface area contributed by atoms with Gasteiger partial charge in [0, 0.05) is 12.7 Å². The monoisotopic (exact) mass is 259 g/mol. The summed E-state index contributed by atoms with van der Waals surface area (Å²) in [6.45, 7) is 0.327. The predicted octanol–water partition coefficient (Wildman–Crippen LogP) is -0.264. The second-order valence-electron chi connectivity index (χ2n) is 3.73. The Morgan fingerprint density at radius 3 is 3.00 bits per heavy atom. The Morgan fingerprint density at radius 2 is 2.41 bits per heavy atom. The third-order valence-corrected chi connectivity index (χ3v) is 4.63. The summed E-state index contributed by atoms with van der Waals surface area (Å²) in [6, 6.07) is -0.722. The zero-order valence-corrected chi connectivity index (χ0v) is 10.1. The molecule has 0 aromatic carbocycles. The number of carbonyl (C=O) groups excluding carboxylic acids is 1. The lowest BCUT2D eigenvalue weighted by molar-refractivity contribution is -0.144. The van der Waals surface area contributed by atoms with Crippen LogP contribution in [-0.2, 0) is 19.6 Å². The Morgan fingerprint density at radius 1 is 1.65 bits per heavy atom. The minimum Gasteiger partial charge on any atom is -0.468 e. The van der Waals surface area contributed by atoms with Gasteiger partial charge in [-0.1, -0.05) is 0 Å². The largest absolute Gasteiger partial charge is 0.468 e. The van der Waals surface area contributed by atoms with Crippen molar-refractivity contribution in [1.29, 1.82) is 0 Å². The van der Waals surface area contributed by atoms with Gasteiger partial charge >= 0.3 is 5.97 Å². The van der Waals surface area contributed by atoms with Crippen LogP contribution >= 0.6 is 0 Å². The highest BCUT2D eigenvalue weighted by Crippen LogP contribution is 2.26. The highest BCUT2D eigenvalue weighted by Gasteiger charge is 2.40. The molecule has 1 N–H and O–H groups in total. The summed E-state index contributed by atoms with van der Waals surface area (Å²) in [5, 5.41) is 6.05. The first-order valence-electron chi connectivity index (χ1n) is 5.16. The molecule has 0 amide bonds. The number of aromatic nitrogens is 2. The molecule has 1 aliphatic heterocycles. The molecule has 1 saturated heterocycles. The third kappa shape index (κ3) is 2.05. The smallest absolute Gasteiger partial charge is 0.324 e. The van der Waals surface area contributed by atoms with Crippen molar-refractivity contribution >= 4 is 16.0 Å². The maximum atomic E-state index is 12.2. The van der Waals surface area contributed by atoms with Crippen molar-refractivity contribution in [1.82, 2.24) is 14.5 Å². The van der Waals surface area contributed by atoms with E-state index in [2.05, 4.69) is 14.9 Å². The van der Waals surface area contributed by atoms with Crippen molar-refractivity contribution in [2.24, 2.45) is 0 Å². The van der Waals surface area contributed by atoms with Crippen LogP contribution < -0.4 is 0 Å². The van der Waals surface area contributed by atoms with E-state index in [1.54, 1.807) is 0 Å². The normalized spacial score (nSPS) is 21.6. The van der Waals surface area contributed by atoms with Gasteiger partial charge in [-0.25, -0.2) is 8.42 Å². The number of H-pyrrole nitrogens is 1. The van der Waals surface area contributed by atoms with Crippen LogP contribution in [0.4, 0.5) is 0 Å². The molecule has 0 bridgehead atoms. The van der Waals surface area contributed by atoms with Crippen LogP contribution in [0.3, 0.4) is 0 Å². The highest BCUT2D eigenvalue weighted by atomic mass is 32.2. The van der Waals surface area contributed by atoms with E-state index < -0.39 is 22.0 Å². The van der Waals surface area contributed by atoms with Gasteiger partial charge in [-0.3, -0.25) is 9.89 Å². The molecule has 0 aliphatic carbocycles. The molecule has 8 heteroatoms. The molecule has 94 valence electrons. The van der Waals surface area contributed by atoms with Crippen LogP contribution in [0, 0.1) is 0 Å². The van der Waals surface area contributed by atoms with Gasteiger partial charge in [0.1, 0.15) is 10.9 Å². The van der Waals surface area contributed by atoms with E-state index in [0.717, 1.165) is 0 Å². The molecule has 1 atom stereocenters. The van der Waals surface area contributed by atoms with Gasteiger partial charge in [-0.2, -0.15) is 9.40 Å². The third-order valence-electron chi connectivity index (χ3n) is 2.76. The summed E-state index contributed by atoms with van der Waals surface area (Å²) in [7, 11) is -2.41. The summed E-state index contributed by atoms with van der Waals surface area (Å²) in [5.74, 6) is -0.519. The predicted molar refractivity (Wildman–Crippen MR) is 57.5 cm³/mol. The maximum Gasteiger partial charge on any atom is 0.324 e. The minimum atomic E-state index is -3.66. The fourth-order valence-electron chi connectivity index (χ4n) is 1.91. The Hall–Kier alpha value is -1.41. The summed E-state index contributed by atoms with van der Waals surface area (Å²) < 4.78 is 30.1. The molecule has 1 aromatic rings. The lowest BCUT2D eigenvalue weighted by atomic mass is 10.2. The standard InChI is InChI=1S/C9H13N3O4S/c1-16-9(13)8-3-2-4-12(8)17(14,15)7-5-10-11-6-7/h5-6,8H,2-4H2,1H3,(H,10,11). The average molecular weight is 259 g/mol. The molecule has 1 aromatic heterocycles. The number of hydrogen-bond donors (Lipinski definition) is 1. The van der Waals surface area contributed by atoms with E-state index in [-0.39, 0.29) is 4.90 Å². The Kier molecular flexibility index (Phi) is 3.16. The topological polar surface area (TPSA) is 92.4 Å². The van der Waals surface area contributed by atoms with Gasteiger partial charge in [-0.15, -0.1) is 0 Å². The van der Waals surface area contributed by atoms with Gasteiger partial charge in [0.2, 0.25) is 10.0 Å². The van der Waals surface area contributed by atoms with E-state index in [0.29, 0.717) is 19.4 Å². The van der Waals surface area contributed by atoms with E-state index in [1.807, 2.05) is 0 Å². The molecule has 7 nitrogen and oxygen atoms in total. The number of hydrogen-bond acceptors (Lipinski definition) is 5. The minimum absolute atomic E-state index is 0.0632. The lowest BCUT2D eigenvalue weighted by Crippen LogP contribution is -2.40. The van der Waals surface area contributed by atoms with Crippen LogP contribution in [0.5, 0.6) is 0 Å². The van der Waals surface area contributed by atoms with Gasteiger partial charge < -0.3 is 4.74 Å². The fourth-order valence-corrected chi connectivity index (χ4v) is 3.47. The Bertz CT molecular complexity index is 496. The van der Waals surface area contributed by atoms with Crippen molar-refractivity contribution in [3.8, 4) is 0 Å². The Balaban J connectivity index is 2.31. The Labute approximate surface area is 98.8 Å². The van der Waals surface area contributed by atoms with Crippen molar-refractivity contribution in [2.45, 2.75) is 23.8 Å². The van der Waals surface area contributed by atoms with Crippen LogP contribution in [-0.4, -0.2) is 48.6 Å². The summed E-state index contributed by atoms with van der Waals surface area (Å²) in [4.78, 5) is 11.6. The number of esters is 1. The van der Waals surface area contributed by atoms with Gasteiger partial charge in [-0.05, 0) is 12.8 Å². The molecule has 17 heavy (non-hydrogen) atoms. The molecule has 2 heterocycles. The fraction of sp³-hybridized carbons (Fsp3) is 0.556. The summed E-state index contributed by atoms with van der Waals surface area (Å²) in [6.07, 6.45) is 3.66. The summed E-state index contributed by atoms with van der Waals surface area (Å²) >= 11 is 0. The van der Waals surface area contributed by atoms with Crippen LogP contribution in [0.15, 0.2) is 17.3 Å². The van der Waals surface area contributed by atoms with Gasteiger partial charge in [0.05, 0.1) is 13.3 Å². The second-order valence-corrected chi connectivity index (χ2v) is 5.62. The summed E-state index contributed by atoms with van der Waals surface area (Å²) in [5.41, 5.74) is 0. The highest BCUT2D eigenvalue weighted by molar-refractivity contribution is 7.89. The number of ether oxygens (including phenoxy) is 1. The molecule has 0 spiro atoms. The van der Waals surface area contributed by atoms with E-state index >= 15 is 0 Å². The van der Waals surface area contributed by atoms with Crippen molar-refractivity contribution in [3.63, 3.8) is 0 Å². The van der Waals surface area contributed by atoms with Crippen molar-refractivity contribution in [2.75, 3.05) is 13.7 Å². The number of aromatic amines is 1. The molecular weight excluding hydrogens is 246 g/mol. The quantitative estimate of drug-likeness (QED) is 0.755. The molecule has 1 aliphatic rings. The van der Waals surface area contributed by atoms with Crippen molar-refractivity contribution in [3.05, 3.63) is 12.4 Å². The molecule has 0 saturated carbocycles. The molecule has 1 unspecified atom stereocenters. The van der Waals surface area contributed by atoms with E-state index in [4.69, 9.17) is 0 Å². The number of rotatable bonds is 3. The molecular formula is C9H13N3O4S. The van der Waals surface area contributed by atoms with E-state index in [1.165, 1.54) is 23.8 Å². The number of carbonyl (C=O) groups is 1. The van der Waals surface area contributed by atoms with E-state index in [9.17, 15) is 13.2 Å². The number of nitrogens with zero attached hydrogens (tertiary/aromatic N) is 2. The first kappa shape index (κ1) is 12.1. The number of nitrogens with one attached hydrogen (secondary N) is 1. The zero-order chi connectivity index (χ0) is 12.5. The number of sulfonamides is 1. The lowest BCUT2D eigenvalue weighted by Gasteiger charge is -2.20. The maximum absolute atomic E-state index is 12.2. The zero-order valence-electron chi connectivity index (χ0n) is 9.29. The van der Waals surface area contributed by atoms with Crippen molar-refractivity contribution < 1.29 is 17.9 Å². The van der Waals surface area contributed by atoms with Crippen LogP contribution in [0.1, 0.15) is 12.8 Å². The van der Waals surface area contributed by atoms with Crippen LogP contribution in [0.25, 0.3) is 0 Å². The average Bonchev–Trinajstić information content (AvgIpc) is 2.98. The molecule has 2 rings (SSSR count).